The minimum atomic E-state index is -0.124. The number of ether oxygens (including phenoxy) is 1. The number of hydrogen-bond donors (Lipinski definition) is 0. The van der Waals surface area contributed by atoms with Crippen molar-refractivity contribution in [2.45, 2.75) is 84.5 Å². The third-order valence-corrected chi connectivity index (χ3v) is 4.27. The van der Waals surface area contributed by atoms with E-state index in [1.165, 1.54) is 39.2 Å². The molecule has 1 unspecified atom stereocenters. The first-order valence-corrected chi connectivity index (χ1v) is 10.4. The van der Waals surface area contributed by atoms with Crippen LogP contribution in [0, 0.1) is 5.92 Å². The van der Waals surface area contributed by atoms with Crippen molar-refractivity contribution in [1.29, 1.82) is 0 Å². The lowest BCUT2D eigenvalue weighted by molar-refractivity contribution is -0.140. The molecule has 0 aromatic rings. The molecule has 1 atom stereocenters. The smallest absolute Gasteiger partial charge is 0.305 e. The van der Waals surface area contributed by atoms with E-state index >= 15 is 0 Å². The molecule has 26 heavy (non-hydrogen) atoms. The highest BCUT2D eigenvalue weighted by Crippen LogP contribution is 2.11. The molecule has 2 heteroatoms. The van der Waals surface area contributed by atoms with E-state index in [1.807, 2.05) is 0 Å². The van der Waals surface area contributed by atoms with Gasteiger partial charge in [-0.3, -0.25) is 4.79 Å². The zero-order chi connectivity index (χ0) is 19.3. The molecule has 0 aliphatic heterocycles. The van der Waals surface area contributed by atoms with Crippen LogP contribution in [0.25, 0.3) is 0 Å². The fourth-order valence-electron chi connectivity index (χ4n) is 2.60. The number of hydrogen-bond acceptors (Lipinski definition) is 2. The van der Waals surface area contributed by atoms with E-state index in [0.29, 0.717) is 12.3 Å². The Morgan fingerprint density at radius 3 is 2.08 bits per heavy atom. The Balaban J connectivity index is 3.54. The molecule has 0 heterocycles. The highest BCUT2D eigenvalue weighted by atomic mass is 16.5. The average Bonchev–Trinajstić information content (AvgIpc) is 2.65. The number of carbonyl (C=O) groups excluding carboxylic acids is 1. The maximum Gasteiger partial charge on any atom is 0.305 e. The highest BCUT2D eigenvalue weighted by molar-refractivity contribution is 5.69. The summed E-state index contributed by atoms with van der Waals surface area (Å²) in [5, 5.41) is 0. The second kappa shape index (κ2) is 19.8. The molecule has 0 aromatic carbocycles. The summed E-state index contributed by atoms with van der Waals surface area (Å²) in [5.74, 6) is 0.584. The first-order valence-electron chi connectivity index (χ1n) is 10.4. The summed E-state index contributed by atoms with van der Waals surface area (Å²) in [6.45, 7) is 4.58. The Kier molecular flexibility index (Phi) is 18.6. The molecule has 0 rings (SSSR count). The van der Waals surface area contributed by atoms with Crippen molar-refractivity contribution in [1.82, 2.24) is 0 Å². The second-order valence-corrected chi connectivity index (χ2v) is 6.84. The monoisotopic (exact) mass is 360 g/mol. The van der Waals surface area contributed by atoms with Crippen LogP contribution in [0.2, 0.25) is 0 Å². The molecule has 0 N–H and O–H groups in total. The minimum absolute atomic E-state index is 0.124. The van der Waals surface area contributed by atoms with Crippen molar-refractivity contribution in [2.24, 2.45) is 5.92 Å². The lowest BCUT2D eigenvalue weighted by atomic mass is 10.0. The molecule has 0 saturated carbocycles. The fourth-order valence-corrected chi connectivity index (χ4v) is 2.60. The van der Waals surface area contributed by atoms with E-state index < -0.39 is 0 Å². The SMILES string of the molecule is CCCCCCC(C)/C=C\C/C=C\C/C=C\C/C=C\CCCC(=O)OC. The second-order valence-electron chi connectivity index (χ2n) is 6.84. The summed E-state index contributed by atoms with van der Waals surface area (Å²) in [6, 6.07) is 0. The van der Waals surface area contributed by atoms with Crippen molar-refractivity contribution < 1.29 is 9.53 Å². The van der Waals surface area contributed by atoms with Gasteiger partial charge >= 0.3 is 5.97 Å². The Hall–Kier alpha value is -1.57. The predicted octanol–water partition coefficient (Wildman–Crippen LogP) is 7.33. The number of allylic oxidation sites excluding steroid dienone is 8. The van der Waals surface area contributed by atoms with E-state index in [4.69, 9.17) is 0 Å². The quantitative estimate of drug-likeness (QED) is 0.164. The molecular weight excluding hydrogens is 320 g/mol. The maximum absolute atomic E-state index is 10.9. The van der Waals surface area contributed by atoms with E-state index in [-0.39, 0.29) is 5.97 Å². The molecule has 0 spiro atoms. The normalized spacial score (nSPS) is 13.5. The first-order chi connectivity index (χ1) is 12.7. The number of esters is 1. The van der Waals surface area contributed by atoms with Crippen LogP contribution in [0.1, 0.15) is 84.5 Å². The number of methoxy groups -OCH3 is 1. The van der Waals surface area contributed by atoms with Gasteiger partial charge in [-0.15, -0.1) is 0 Å². The molecule has 0 saturated heterocycles. The highest BCUT2D eigenvalue weighted by Gasteiger charge is 1.97. The van der Waals surface area contributed by atoms with Gasteiger partial charge in [0.2, 0.25) is 0 Å². The minimum Gasteiger partial charge on any atom is -0.469 e. The molecule has 0 aliphatic rings. The number of carbonyl (C=O) groups is 1. The first kappa shape index (κ1) is 24.4. The molecule has 0 fully saturated rings. The van der Waals surface area contributed by atoms with E-state index in [0.717, 1.165) is 32.1 Å². The van der Waals surface area contributed by atoms with Gasteiger partial charge in [0.15, 0.2) is 0 Å². The Morgan fingerprint density at radius 2 is 1.46 bits per heavy atom. The topological polar surface area (TPSA) is 26.3 Å². The molecule has 2 nitrogen and oxygen atoms in total. The van der Waals surface area contributed by atoms with Gasteiger partial charge in [-0.25, -0.2) is 0 Å². The largest absolute Gasteiger partial charge is 0.469 e. The van der Waals surface area contributed by atoms with Crippen LogP contribution >= 0.6 is 0 Å². The molecular formula is C24H40O2. The fraction of sp³-hybridized carbons (Fsp3) is 0.625. The van der Waals surface area contributed by atoms with Crippen LogP contribution in [-0.4, -0.2) is 13.1 Å². The van der Waals surface area contributed by atoms with Gasteiger partial charge in [0.25, 0.3) is 0 Å². The van der Waals surface area contributed by atoms with Gasteiger partial charge in [0.1, 0.15) is 0 Å². The van der Waals surface area contributed by atoms with Gasteiger partial charge in [0.05, 0.1) is 7.11 Å². The lowest BCUT2D eigenvalue weighted by Gasteiger charge is -2.04. The predicted molar refractivity (Wildman–Crippen MR) is 114 cm³/mol. The summed E-state index contributed by atoms with van der Waals surface area (Å²) in [5.41, 5.74) is 0. The van der Waals surface area contributed by atoms with E-state index in [1.54, 1.807) is 0 Å². The molecule has 0 radical (unpaired) electrons. The summed E-state index contributed by atoms with van der Waals surface area (Å²) >= 11 is 0. The van der Waals surface area contributed by atoms with Crippen LogP contribution in [0.5, 0.6) is 0 Å². The van der Waals surface area contributed by atoms with Gasteiger partial charge in [-0.2, -0.15) is 0 Å². The third-order valence-electron chi connectivity index (χ3n) is 4.27. The summed E-state index contributed by atoms with van der Waals surface area (Å²) in [7, 11) is 1.43. The van der Waals surface area contributed by atoms with Crippen molar-refractivity contribution in [3.63, 3.8) is 0 Å². The van der Waals surface area contributed by atoms with E-state index in [9.17, 15) is 4.79 Å². The molecule has 0 aromatic heterocycles. The van der Waals surface area contributed by atoms with E-state index in [2.05, 4.69) is 67.2 Å². The Labute approximate surface area is 162 Å². The number of unbranched alkanes of at least 4 members (excludes halogenated alkanes) is 4. The zero-order valence-corrected chi connectivity index (χ0v) is 17.3. The van der Waals surface area contributed by atoms with Gasteiger partial charge in [0, 0.05) is 6.42 Å². The van der Waals surface area contributed by atoms with Gasteiger partial charge in [-0.1, -0.05) is 88.1 Å². The van der Waals surface area contributed by atoms with Gasteiger partial charge < -0.3 is 4.74 Å². The van der Waals surface area contributed by atoms with Crippen molar-refractivity contribution in [3.05, 3.63) is 48.6 Å². The van der Waals surface area contributed by atoms with Crippen molar-refractivity contribution in [2.75, 3.05) is 7.11 Å². The van der Waals surface area contributed by atoms with Gasteiger partial charge in [-0.05, 0) is 44.4 Å². The standard InChI is InChI=1S/C24H40O2/c1-4-5-6-17-20-23(2)21-18-15-13-11-9-7-8-10-12-14-16-19-22-24(25)26-3/h7-8,11-14,18,21,23H,4-6,9-10,15-17,19-20,22H2,1-3H3/b8-7-,13-11-,14-12-,21-18-. The number of rotatable bonds is 16. The van der Waals surface area contributed by atoms with Crippen LogP contribution in [0.3, 0.4) is 0 Å². The molecule has 0 amide bonds. The Morgan fingerprint density at radius 1 is 0.846 bits per heavy atom. The summed E-state index contributed by atoms with van der Waals surface area (Å²) in [6.07, 6.45) is 29.9. The zero-order valence-electron chi connectivity index (χ0n) is 17.3. The molecule has 148 valence electrons. The third kappa shape index (κ3) is 18.8. The molecule has 0 aliphatic carbocycles. The van der Waals surface area contributed by atoms with Crippen LogP contribution in [0.15, 0.2) is 48.6 Å². The maximum atomic E-state index is 10.9. The average molecular weight is 361 g/mol. The van der Waals surface area contributed by atoms with Crippen molar-refractivity contribution >= 4 is 5.97 Å². The van der Waals surface area contributed by atoms with Crippen LogP contribution in [-0.2, 0) is 9.53 Å². The van der Waals surface area contributed by atoms with Crippen LogP contribution in [0.4, 0.5) is 0 Å². The summed E-state index contributed by atoms with van der Waals surface area (Å²) < 4.78 is 4.61. The Bertz CT molecular complexity index is 429. The molecule has 0 bridgehead atoms. The summed E-state index contributed by atoms with van der Waals surface area (Å²) in [4.78, 5) is 10.9. The van der Waals surface area contributed by atoms with Crippen molar-refractivity contribution in [3.8, 4) is 0 Å². The van der Waals surface area contributed by atoms with Crippen LogP contribution < -0.4 is 0 Å². The lowest BCUT2D eigenvalue weighted by Crippen LogP contribution is -1.98.